The molecule has 0 aliphatic rings. The van der Waals surface area contributed by atoms with Crippen LogP contribution in [0.4, 0.5) is 11.4 Å². The van der Waals surface area contributed by atoms with Gasteiger partial charge in [-0.15, -0.1) is 0 Å². The molecule has 102 valence electrons. The summed E-state index contributed by atoms with van der Waals surface area (Å²) in [4.78, 5) is 22.5. The molecule has 20 heavy (non-hydrogen) atoms. The zero-order valence-corrected chi connectivity index (χ0v) is 13.7. The molecule has 0 aliphatic heterocycles. The predicted molar refractivity (Wildman–Crippen MR) is 87.9 cm³/mol. The summed E-state index contributed by atoms with van der Waals surface area (Å²) in [5.74, 6) is -0.400. The third-order valence-corrected chi connectivity index (χ3v) is 4.01. The number of halogens is 2. The normalized spacial score (nSPS) is 10.1. The molecule has 2 aromatic carbocycles. The van der Waals surface area contributed by atoms with Crippen LogP contribution in [-0.2, 0) is 0 Å². The third-order valence-electron chi connectivity index (χ3n) is 2.50. The van der Waals surface area contributed by atoms with Gasteiger partial charge in [0.15, 0.2) is 0 Å². The highest BCUT2D eigenvalue weighted by molar-refractivity contribution is 14.1. The Hall–Kier alpha value is -1.48. The number of nitro benzene ring substituents is 1. The average Bonchev–Trinajstić information content (AvgIpc) is 2.38. The second-order valence-electron chi connectivity index (χ2n) is 3.86. The molecule has 1 N–H and O–H groups in total. The lowest BCUT2D eigenvalue weighted by Crippen LogP contribution is -2.13. The number of nitrogens with one attached hydrogen (secondary N) is 1. The fourth-order valence-corrected chi connectivity index (χ4v) is 2.73. The van der Waals surface area contributed by atoms with Crippen LogP contribution in [0.15, 0.2) is 46.9 Å². The van der Waals surface area contributed by atoms with E-state index in [0.717, 1.165) is 3.57 Å². The quantitative estimate of drug-likeness (QED) is 0.436. The fraction of sp³-hybridized carbons (Fsp3) is 0. The summed E-state index contributed by atoms with van der Waals surface area (Å²) in [5, 5.41) is 13.6. The van der Waals surface area contributed by atoms with Gasteiger partial charge in [-0.3, -0.25) is 14.9 Å². The van der Waals surface area contributed by atoms with Crippen molar-refractivity contribution in [1.82, 2.24) is 0 Å². The van der Waals surface area contributed by atoms with Gasteiger partial charge in [0.25, 0.3) is 11.6 Å². The SMILES string of the molecule is O=C(Nc1cccc(I)c1)c1cccc([N+](=O)[O-])c1Br. The minimum absolute atomic E-state index is 0.139. The Morgan fingerprint density at radius 1 is 1.25 bits per heavy atom. The predicted octanol–water partition coefficient (Wildman–Crippen LogP) is 4.21. The van der Waals surface area contributed by atoms with Gasteiger partial charge in [0.1, 0.15) is 4.47 Å². The molecular weight excluding hydrogens is 439 g/mol. The molecule has 0 saturated carbocycles. The maximum atomic E-state index is 12.2. The number of anilines is 1. The highest BCUT2D eigenvalue weighted by Crippen LogP contribution is 2.28. The van der Waals surface area contributed by atoms with Gasteiger partial charge in [-0.2, -0.15) is 0 Å². The number of rotatable bonds is 3. The molecule has 1 amide bonds. The first-order chi connectivity index (χ1) is 9.49. The number of benzene rings is 2. The van der Waals surface area contributed by atoms with Crippen LogP contribution in [0.1, 0.15) is 10.4 Å². The molecule has 5 nitrogen and oxygen atoms in total. The first-order valence-corrected chi connectivity index (χ1v) is 7.36. The van der Waals surface area contributed by atoms with Crippen molar-refractivity contribution < 1.29 is 9.72 Å². The lowest BCUT2D eigenvalue weighted by molar-refractivity contribution is -0.385. The van der Waals surface area contributed by atoms with E-state index in [-0.39, 0.29) is 15.7 Å². The molecule has 0 saturated heterocycles. The number of carbonyl (C=O) groups excluding carboxylic acids is 1. The number of carbonyl (C=O) groups is 1. The molecule has 0 heterocycles. The van der Waals surface area contributed by atoms with Crippen LogP contribution in [0.25, 0.3) is 0 Å². The second-order valence-corrected chi connectivity index (χ2v) is 5.90. The smallest absolute Gasteiger partial charge is 0.284 e. The summed E-state index contributed by atoms with van der Waals surface area (Å²) < 4.78 is 1.16. The minimum atomic E-state index is -0.535. The Morgan fingerprint density at radius 2 is 1.95 bits per heavy atom. The lowest BCUT2D eigenvalue weighted by Gasteiger charge is -2.07. The van der Waals surface area contributed by atoms with Crippen LogP contribution in [0.3, 0.4) is 0 Å². The van der Waals surface area contributed by atoms with Crippen molar-refractivity contribution in [3.8, 4) is 0 Å². The minimum Gasteiger partial charge on any atom is -0.322 e. The van der Waals surface area contributed by atoms with E-state index in [0.29, 0.717) is 5.69 Å². The van der Waals surface area contributed by atoms with Crippen LogP contribution >= 0.6 is 38.5 Å². The van der Waals surface area contributed by atoms with Gasteiger partial charge in [-0.05, 0) is 62.8 Å². The second kappa shape index (κ2) is 6.31. The van der Waals surface area contributed by atoms with E-state index in [1.807, 2.05) is 18.2 Å². The van der Waals surface area contributed by atoms with E-state index in [9.17, 15) is 14.9 Å². The molecule has 0 atom stereocenters. The molecule has 7 heteroatoms. The lowest BCUT2D eigenvalue weighted by atomic mass is 10.2. The van der Waals surface area contributed by atoms with Crippen molar-refractivity contribution >= 4 is 55.8 Å². The van der Waals surface area contributed by atoms with E-state index in [1.165, 1.54) is 18.2 Å². The Balaban J connectivity index is 2.30. The highest BCUT2D eigenvalue weighted by Gasteiger charge is 2.19. The molecule has 0 unspecified atom stereocenters. The van der Waals surface area contributed by atoms with Crippen molar-refractivity contribution in [2.24, 2.45) is 0 Å². The van der Waals surface area contributed by atoms with E-state index in [2.05, 4.69) is 43.8 Å². The molecule has 0 spiro atoms. The van der Waals surface area contributed by atoms with Crippen molar-refractivity contribution in [2.45, 2.75) is 0 Å². The Kier molecular flexibility index (Phi) is 4.71. The van der Waals surface area contributed by atoms with Crippen molar-refractivity contribution in [3.05, 3.63) is 66.2 Å². The molecule has 0 fully saturated rings. The molecule has 0 aliphatic carbocycles. The van der Waals surface area contributed by atoms with Crippen LogP contribution < -0.4 is 5.32 Å². The van der Waals surface area contributed by atoms with Crippen molar-refractivity contribution in [3.63, 3.8) is 0 Å². The van der Waals surface area contributed by atoms with Crippen LogP contribution in [0.2, 0.25) is 0 Å². The van der Waals surface area contributed by atoms with Gasteiger partial charge in [0.05, 0.1) is 10.5 Å². The third kappa shape index (κ3) is 3.34. The Morgan fingerprint density at radius 3 is 2.60 bits per heavy atom. The van der Waals surface area contributed by atoms with Crippen LogP contribution in [0.5, 0.6) is 0 Å². The molecule has 0 bridgehead atoms. The topological polar surface area (TPSA) is 72.2 Å². The van der Waals surface area contributed by atoms with Gasteiger partial charge in [0.2, 0.25) is 0 Å². The zero-order valence-electron chi connectivity index (χ0n) is 9.97. The van der Waals surface area contributed by atoms with Gasteiger partial charge < -0.3 is 5.32 Å². The largest absolute Gasteiger partial charge is 0.322 e. The molecule has 2 aromatic rings. The summed E-state index contributed by atoms with van der Waals surface area (Å²) in [6.45, 7) is 0. The molecular formula is C13H8BrIN2O3. The molecule has 2 rings (SSSR count). The zero-order chi connectivity index (χ0) is 14.7. The monoisotopic (exact) mass is 446 g/mol. The first-order valence-electron chi connectivity index (χ1n) is 5.49. The number of nitro groups is 1. The van der Waals surface area contributed by atoms with Crippen molar-refractivity contribution in [1.29, 1.82) is 0 Å². The highest BCUT2D eigenvalue weighted by atomic mass is 127. The summed E-state index contributed by atoms with van der Waals surface area (Å²) in [5.41, 5.74) is 0.721. The maximum absolute atomic E-state index is 12.2. The maximum Gasteiger partial charge on any atom is 0.284 e. The standard InChI is InChI=1S/C13H8BrIN2O3/c14-12-10(5-2-6-11(12)17(19)20)13(18)16-9-4-1-3-8(15)7-9/h1-7H,(H,16,18). The van der Waals surface area contributed by atoms with E-state index in [4.69, 9.17) is 0 Å². The summed E-state index contributed by atoms with van der Waals surface area (Å²) >= 11 is 5.24. The van der Waals surface area contributed by atoms with Crippen LogP contribution in [-0.4, -0.2) is 10.8 Å². The fourth-order valence-electron chi connectivity index (χ4n) is 1.60. The number of nitrogens with zero attached hydrogens (tertiary/aromatic N) is 1. The first kappa shape index (κ1) is 14.9. The molecule has 0 aromatic heterocycles. The van der Waals surface area contributed by atoms with E-state index >= 15 is 0 Å². The summed E-state index contributed by atoms with van der Waals surface area (Å²) in [6.07, 6.45) is 0. The van der Waals surface area contributed by atoms with E-state index < -0.39 is 10.8 Å². The average molecular weight is 447 g/mol. The van der Waals surface area contributed by atoms with Gasteiger partial charge in [-0.25, -0.2) is 0 Å². The Labute approximate surface area is 136 Å². The molecule has 0 radical (unpaired) electrons. The van der Waals surface area contributed by atoms with Crippen LogP contribution in [0, 0.1) is 13.7 Å². The number of amides is 1. The van der Waals surface area contributed by atoms with Crippen molar-refractivity contribution in [2.75, 3.05) is 5.32 Å². The van der Waals surface area contributed by atoms with Gasteiger partial charge >= 0.3 is 0 Å². The Bertz CT molecular complexity index is 691. The van der Waals surface area contributed by atoms with Gasteiger partial charge in [0, 0.05) is 15.3 Å². The summed E-state index contributed by atoms with van der Waals surface area (Å²) in [6, 6.07) is 11.6. The van der Waals surface area contributed by atoms with E-state index in [1.54, 1.807) is 6.07 Å². The summed E-state index contributed by atoms with van der Waals surface area (Å²) in [7, 11) is 0. The van der Waals surface area contributed by atoms with Gasteiger partial charge in [-0.1, -0.05) is 12.1 Å². The number of hydrogen-bond donors (Lipinski definition) is 1. The number of hydrogen-bond acceptors (Lipinski definition) is 3.